The molecule has 20 heteroatoms. The van der Waals surface area contributed by atoms with Crippen molar-refractivity contribution >= 4 is 17.9 Å². The summed E-state index contributed by atoms with van der Waals surface area (Å²) in [6, 6.07) is 9.89. The number of carboxylic acid groups (broad SMARTS) is 3. The number of hydrogen-bond acceptors (Lipinski definition) is 8. The van der Waals surface area contributed by atoms with Gasteiger partial charge < -0.3 is 24.8 Å². The normalized spacial score (nSPS) is 19.4. The Morgan fingerprint density at radius 3 is 1.84 bits per heavy atom. The van der Waals surface area contributed by atoms with Gasteiger partial charge in [0, 0.05) is 50.2 Å². The van der Waals surface area contributed by atoms with Gasteiger partial charge in [0.1, 0.15) is 0 Å². The van der Waals surface area contributed by atoms with Crippen LogP contribution in [-0.2, 0) is 25.7 Å². The van der Waals surface area contributed by atoms with Gasteiger partial charge in [-0.2, -0.15) is 39.5 Å². The van der Waals surface area contributed by atoms with Crippen LogP contribution in [0.15, 0.2) is 48.9 Å². The molecule has 0 aliphatic carbocycles. The number of rotatable bonds is 6. The molecule has 252 valence electrons. The van der Waals surface area contributed by atoms with Crippen LogP contribution in [0, 0.1) is 11.8 Å². The minimum atomic E-state index is -5.08. The summed E-state index contributed by atoms with van der Waals surface area (Å²) in [6.07, 6.45) is -8.31. The molecule has 2 saturated heterocycles. The van der Waals surface area contributed by atoms with Gasteiger partial charge in [-0.05, 0) is 30.0 Å². The predicted molar refractivity (Wildman–Crippen MR) is 132 cm³/mol. The first-order valence-electron chi connectivity index (χ1n) is 12.4. The number of fused-ring (bicyclic) bond motifs is 1. The van der Waals surface area contributed by atoms with Crippen LogP contribution in [0.2, 0.25) is 0 Å². The van der Waals surface area contributed by atoms with Gasteiger partial charge in [0.2, 0.25) is 5.88 Å². The topological polar surface area (TPSA) is 159 Å². The van der Waals surface area contributed by atoms with Crippen molar-refractivity contribution in [1.29, 1.82) is 0 Å². The number of carboxylic acids is 3. The monoisotopic (exact) mass is 667 g/mol. The Balaban J connectivity index is 0.000000396. The number of nitrogens with zero attached hydrogens (tertiary/aromatic N) is 3. The van der Waals surface area contributed by atoms with Gasteiger partial charge in [-0.1, -0.05) is 12.1 Å². The van der Waals surface area contributed by atoms with Gasteiger partial charge in [-0.15, -0.1) is 0 Å². The summed E-state index contributed by atoms with van der Waals surface area (Å²) in [5.74, 6) is -6.36. The van der Waals surface area contributed by atoms with E-state index in [0.717, 1.165) is 32.7 Å². The lowest BCUT2D eigenvalue weighted by atomic mass is 9.91. The summed E-state index contributed by atoms with van der Waals surface area (Å²) in [5, 5.41) is 21.4. The number of alkyl halides is 9. The van der Waals surface area contributed by atoms with Crippen LogP contribution in [0.25, 0.3) is 0 Å². The minimum Gasteiger partial charge on any atom is -0.478 e. The molecule has 11 nitrogen and oxygen atoms in total. The second-order valence-corrected chi connectivity index (χ2v) is 9.06. The average Bonchev–Trinajstić information content (AvgIpc) is 3.50. The van der Waals surface area contributed by atoms with E-state index in [1.54, 1.807) is 6.20 Å². The van der Waals surface area contributed by atoms with Crippen LogP contribution in [0.4, 0.5) is 39.5 Å². The Hall–Kier alpha value is -4.20. The fourth-order valence-corrected chi connectivity index (χ4v) is 3.80. The number of hydrogen-bond donors (Lipinski definition) is 3. The molecule has 3 atom stereocenters. The fourth-order valence-electron chi connectivity index (χ4n) is 3.80. The van der Waals surface area contributed by atoms with E-state index in [4.69, 9.17) is 39.2 Å². The molecule has 4 heterocycles. The highest BCUT2D eigenvalue weighted by Crippen LogP contribution is 2.36. The highest BCUT2D eigenvalue weighted by Gasteiger charge is 2.43. The number of pyridine rings is 2. The summed E-state index contributed by atoms with van der Waals surface area (Å²) < 4.78 is 107. The Bertz CT molecular complexity index is 1140. The second-order valence-electron chi connectivity index (χ2n) is 9.06. The van der Waals surface area contributed by atoms with Crippen LogP contribution in [0.3, 0.4) is 0 Å². The molecule has 2 aliphatic rings. The zero-order valence-corrected chi connectivity index (χ0v) is 22.7. The zero-order chi connectivity index (χ0) is 34.4. The summed E-state index contributed by atoms with van der Waals surface area (Å²) in [6.45, 7) is 4.66. The van der Waals surface area contributed by atoms with Gasteiger partial charge in [0.05, 0.1) is 19.3 Å². The summed E-state index contributed by atoms with van der Waals surface area (Å²) in [7, 11) is 0. The largest absolute Gasteiger partial charge is 0.490 e. The predicted octanol–water partition coefficient (Wildman–Crippen LogP) is 4.29. The van der Waals surface area contributed by atoms with Crippen molar-refractivity contribution in [2.24, 2.45) is 11.8 Å². The van der Waals surface area contributed by atoms with Crippen molar-refractivity contribution < 1.29 is 78.7 Å². The Morgan fingerprint density at radius 2 is 1.40 bits per heavy atom. The van der Waals surface area contributed by atoms with Crippen molar-refractivity contribution in [2.45, 2.75) is 37.6 Å². The maximum absolute atomic E-state index is 10.6. The van der Waals surface area contributed by atoms with Crippen LogP contribution < -0.4 is 4.74 Å². The van der Waals surface area contributed by atoms with Crippen molar-refractivity contribution in [1.82, 2.24) is 14.9 Å². The van der Waals surface area contributed by atoms with Gasteiger partial charge in [-0.3, -0.25) is 9.88 Å². The van der Waals surface area contributed by atoms with Crippen LogP contribution in [0.1, 0.15) is 12.0 Å². The average molecular weight is 667 g/mol. The third kappa shape index (κ3) is 15.4. The number of carbonyl (C=O) groups is 3. The van der Waals surface area contributed by atoms with Crippen molar-refractivity contribution in [2.75, 3.05) is 26.3 Å². The lowest BCUT2D eigenvalue weighted by Crippen LogP contribution is -2.24. The lowest BCUT2D eigenvalue weighted by Gasteiger charge is -2.19. The smallest absolute Gasteiger partial charge is 0.478 e. The van der Waals surface area contributed by atoms with Crippen LogP contribution >= 0.6 is 0 Å². The standard InChI is InChI=1S/C19H23N3O2.3C2HF3O2/c1-2-8-21-19(5-1)23-9-6-16-14-24-18-13-22(12-17(16)18)11-15-4-3-7-20-10-15;3*3-2(4,5)1(6)7/h1-5,7-8,10,16-18H,6,9,11-14H2;3*(H,6,7)/t16-,17-,18-;;;/m0.../s1. The molecule has 45 heavy (non-hydrogen) atoms. The Kier molecular flexibility index (Phi) is 15.0. The molecule has 0 unspecified atom stereocenters. The summed E-state index contributed by atoms with van der Waals surface area (Å²) >= 11 is 0. The minimum absolute atomic E-state index is 0.376. The van der Waals surface area contributed by atoms with E-state index in [0.29, 0.717) is 30.4 Å². The third-order valence-corrected chi connectivity index (χ3v) is 5.75. The quantitative estimate of drug-likeness (QED) is 0.377. The van der Waals surface area contributed by atoms with Gasteiger partial charge >= 0.3 is 36.4 Å². The molecule has 2 fully saturated rings. The highest BCUT2D eigenvalue weighted by molar-refractivity contribution is 5.73. The summed E-state index contributed by atoms with van der Waals surface area (Å²) in [4.78, 5) is 37.6. The molecule has 0 bridgehead atoms. The van der Waals surface area contributed by atoms with E-state index in [1.807, 2.05) is 36.7 Å². The molecule has 0 spiro atoms. The van der Waals surface area contributed by atoms with E-state index in [2.05, 4.69) is 20.9 Å². The molecule has 4 rings (SSSR count). The Morgan fingerprint density at radius 1 is 0.844 bits per heavy atom. The maximum Gasteiger partial charge on any atom is 0.490 e. The number of likely N-dealkylation sites (tertiary alicyclic amines) is 1. The highest BCUT2D eigenvalue weighted by atomic mass is 19.4. The number of aromatic nitrogens is 2. The van der Waals surface area contributed by atoms with Crippen molar-refractivity contribution in [3.05, 3.63) is 54.5 Å². The van der Waals surface area contributed by atoms with Crippen molar-refractivity contribution in [3.63, 3.8) is 0 Å². The molecule has 0 amide bonds. The number of aliphatic carboxylic acids is 3. The second kappa shape index (κ2) is 17.3. The van der Waals surface area contributed by atoms with E-state index in [9.17, 15) is 39.5 Å². The SMILES string of the molecule is O=C(O)C(F)(F)F.O=C(O)C(F)(F)F.O=C(O)C(F)(F)F.c1ccc(OCC[C@H]2CO[C@H]3CN(Cc4cccnc4)C[C@@H]23)nc1. The molecule has 0 radical (unpaired) electrons. The molecule has 2 aromatic heterocycles. The first kappa shape index (κ1) is 38.8. The van der Waals surface area contributed by atoms with E-state index in [1.165, 1.54) is 5.56 Å². The van der Waals surface area contributed by atoms with E-state index >= 15 is 0 Å². The molecule has 2 aromatic rings. The first-order valence-corrected chi connectivity index (χ1v) is 12.4. The number of halogens is 9. The first-order chi connectivity index (χ1) is 20.7. The zero-order valence-electron chi connectivity index (χ0n) is 22.7. The third-order valence-electron chi connectivity index (χ3n) is 5.75. The molecular weight excluding hydrogens is 641 g/mol. The van der Waals surface area contributed by atoms with Crippen molar-refractivity contribution in [3.8, 4) is 5.88 Å². The molecule has 2 aliphatic heterocycles. The maximum atomic E-state index is 10.6. The molecular formula is C25H26F9N3O8. The van der Waals surface area contributed by atoms with Gasteiger partial charge in [-0.25, -0.2) is 19.4 Å². The van der Waals surface area contributed by atoms with Gasteiger partial charge in [0.15, 0.2) is 0 Å². The molecule has 0 saturated carbocycles. The lowest BCUT2D eigenvalue weighted by molar-refractivity contribution is -0.193. The van der Waals surface area contributed by atoms with Crippen LogP contribution in [-0.4, -0.2) is 99.0 Å². The number of ether oxygens (including phenoxy) is 2. The molecule has 0 aromatic carbocycles. The van der Waals surface area contributed by atoms with Gasteiger partial charge in [0.25, 0.3) is 0 Å². The van der Waals surface area contributed by atoms with Crippen LogP contribution in [0.5, 0.6) is 5.88 Å². The molecule has 3 N–H and O–H groups in total. The van der Waals surface area contributed by atoms with E-state index < -0.39 is 36.4 Å². The summed E-state index contributed by atoms with van der Waals surface area (Å²) in [5.41, 5.74) is 1.27. The Labute approximate surface area is 248 Å². The van der Waals surface area contributed by atoms with E-state index in [-0.39, 0.29) is 0 Å². The fraction of sp³-hybridized carbons (Fsp3) is 0.480.